The standard InChI is InChI=1S/C6H16NOSi/c1-8-4-6-9-5-2-3-7/h9H,2-7H2,1H3. The van der Waals surface area contributed by atoms with E-state index in [9.17, 15) is 0 Å². The molecule has 0 bridgehead atoms. The van der Waals surface area contributed by atoms with E-state index in [-0.39, 0.29) is 0 Å². The molecule has 0 heterocycles. The number of hydrogen-bond acceptors (Lipinski definition) is 2. The van der Waals surface area contributed by atoms with E-state index < -0.39 is 0 Å². The van der Waals surface area contributed by atoms with Gasteiger partial charge in [-0.25, -0.2) is 0 Å². The lowest BCUT2D eigenvalue weighted by atomic mass is 10.5. The maximum Gasteiger partial charge on any atom is 0.0434 e. The molecule has 0 aromatic heterocycles. The van der Waals surface area contributed by atoms with Gasteiger partial charge in [0.2, 0.25) is 0 Å². The monoisotopic (exact) mass is 146 g/mol. The van der Waals surface area contributed by atoms with Gasteiger partial charge in [0.05, 0.1) is 0 Å². The third kappa shape index (κ3) is 8.14. The first-order valence-electron chi connectivity index (χ1n) is 3.42. The maximum atomic E-state index is 5.33. The van der Waals surface area contributed by atoms with Gasteiger partial charge in [-0.1, -0.05) is 6.04 Å². The smallest absolute Gasteiger partial charge is 0.0434 e. The molecular formula is C6H16NOSi. The van der Waals surface area contributed by atoms with E-state index in [1.807, 2.05) is 0 Å². The predicted octanol–water partition coefficient (Wildman–Crippen LogP) is 0.255. The lowest BCUT2D eigenvalue weighted by molar-refractivity contribution is 0.215. The molecule has 9 heavy (non-hydrogen) atoms. The van der Waals surface area contributed by atoms with E-state index in [1.165, 1.54) is 18.5 Å². The molecule has 1 radical (unpaired) electrons. The fraction of sp³-hybridized carbons (Fsp3) is 1.00. The van der Waals surface area contributed by atoms with Gasteiger partial charge >= 0.3 is 0 Å². The Hall–Kier alpha value is 0.137. The third-order valence-electron chi connectivity index (χ3n) is 1.14. The van der Waals surface area contributed by atoms with Crippen LogP contribution in [-0.4, -0.2) is 29.8 Å². The number of hydrogen-bond donors (Lipinski definition) is 1. The third-order valence-corrected chi connectivity index (χ3v) is 2.60. The van der Waals surface area contributed by atoms with Crippen LogP contribution in [0.15, 0.2) is 0 Å². The van der Waals surface area contributed by atoms with Crippen LogP contribution in [0.4, 0.5) is 0 Å². The summed E-state index contributed by atoms with van der Waals surface area (Å²) in [4.78, 5) is 0. The molecule has 0 amide bonds. The van der Waals surface area contributed by atoms with Gasteiger partial charge in [0.1, 0.15) is 0 Å². The molecule has 0 saturated heterocycles. The molecule has 0 atom stereocenters. The highest BCUT2D eigenvalue weighted by molar-refractivity contribution is 6.35. The molecular weight excluding hydrogens is 130 g/mol. The summed E-state index contributed by atoms with van der Waals surface area (Å²) in [6.07, 6.45) is 1.19. The van der Waals surface area contributed by atoms with Crippen LogP contribution in [0.25, 0.3) is 0 Å². The van der Waals surface area contributed by atoms with Crippen molar-refractivity contribution in [2.24, 2.45) is 5.73 Å². The molecule has 0 fully saturated rings. The molecule has 0 aromatic rings. The highest BCUT2D eigenvalue weighted by Gasteiger charge is 1.87. The van der Waals surface area contributed by atoms with Gasteiger partial charge in [-0.2, -0.15) is 0 Å². The maximum absolute atomic E-state index is 5.33. The van der Waals surface area contributed by atoms with E-state index in [0.717, 1.165) is 13.2 Å². The second kappa shape index (κ2) is 8.14. The molecule has 0 aliphatic rings. The Bertz CT molecular complexity index is 46.3. The number of ether oxygens (including phenoxy) is 1. The summed E-state index contributed by atoms with van der Waals surface area (Å²) in [5.74, 6) is 0. The lowest BCUT2D eigenvalue weighted by Gasteiger charge is -1.96. The second-order valence-corrected chi connectivity index (χ2v) is 3.73. The zero-order valence-corrected chi connectivity index (χ0v) is 7.25. The van der Waals surface area contributed by atoms with E-state index >= 15 is 0 Å². The van der Waals surface area contributed by atoms with Crippen molar-refractivity contribution in [3.05, 3.63) is 0 Å². The fourth-order valence-electron chi connectivity index (χ4n) is 0.608. The minimum atomic E-state index is 0.613. The Kier molecular flexibility index (Phi) is 8.26. The molecule has 0 aromatic carbocycles. The van der Waals surface area contributed by atoms with Crippen LogP contribution >= 0.6 is 0 Å². The van der Waals surface area contributed by atoms with Gasteiger partial charge in [0.15, 0.2) is 0 Å². The number of rotatable bonds is 6. The largest absolute Gasteiger partial charge is 0.385 e. The van der Waals surface area contributed by atoms with Crippen molar-refractivity contribution in [1.29, 1.82) is 0 Å². The quantitative estimate of drug-likeness (QED) is 0.431. The SMILES string of the molecule is COCC[SiH]CCCN. The Morgan fingerprint density at radius 2 is 2.22 bits per heavy atom. The Morgan fingerprint density at radius 1 is 1.44 bits per heavy atom. The average molecular weight is 146 g/mol. The van der Waals surface area contributed by atoms with Crippen molar-refractivity contribution in [2.75, 3.05) is 20.3 Å². The highest BCUT2D eigenvalue weighted by Crippen LogP contribution is 1.89. The van der Waals surface area contributed by atoms with Gasteiger partial charge in [0, 0.05) is 23.2 Å². The van der Waals surface area contributed by atoms with E-state index in [4.69, 9.17) is 10.5 Å². The zero-order valence-electron chi connectivity index (χ0n) is 6.10. The summed E-state index contributed by atoms with van der Waals surface area (Å²) in [7, 11) is 2.36. The molecule has 0 rings (SSSR count). The van der Waals surface area contributed by atoms with Crippen LogP contribution in [0, 0.1) is 0 Å². The summed E-state index contributed by atoms with van der Waals surface area (Å²) in [6, 6.07) is 2.59. The fourth-order valence-corrected chi connectivity index (χ4v) is 1.82. The van der Waals surface area contributed by atoms with Crippen LogP contribution in [0.5, 0.6) is 0 Å². The minimum absolute atomic E-state index is 0.613. The van der Waals surface area contributed by atoms with Crippen LogP contribution in [-0.2, 0) is 4.74 Å². The lowest BCUT2D eigenvalue weighted by Crippen LogP contribution is -2.01. The van der Waals surface area contributed by atoms with Crippen molar-refractivity contribution in [2.45, 2.75) is 18.5 Å². The predicted molar refractivity (Wildman–Crippen MR) is 42.3 cm³/mol. The normalized spacial score (nSPS) is 10.0. The Labute approximate surface area is 59.6 Å². The van der Waals surface area contributed by atoms with Gasteiger partial charge in [-0.05, 0) is 19.0 Å². The van der Waals surface area contributed by atoms with Crippen LogP contribution in [0.2, 0.25) is 12.1 Å². The Balaban J connectivity index is 2.60. The molecule has 2 nitrogen and oxygen atoms in total. The molecule has 0 saturated carbocycles. The van der Waals surface area contributed by atoms with Crippen molar-refractivity contribution in [3.8, 4) is 0 Å². The molecule has 0 aliphatic heterocycles. The van der Waals surface area contributed by atoms with Gasteiger partial charge < -0.3 is 10.5 Å². The first-order valence-corrected chi connectivity index (χ1v) is 5.05. The van der Waals surface area contributed by atoms with Crippen molar-refractivity contribution in [1.82, 2.24) is 0 Å². The highest BCUT2D eigenvalue weighted by atomic mass is 28.2. The minimum Gasteiger partial charge on any atom is -0.385 e. The van der Waals surface area contributed by atoms with Crippen LogP contribution in [0.1, 0.15) is 6.42 Å². The topological polar surface area (TPSA) is 35.2 Å². The summed E-state index contributed by atoms with van der Waals surface area (Å²) < 4.78 is 4.91. The van der Waals surface area contributed by atoms with Crippen molar-refractivity contribution in [3.63, 3.8) is 0 Å². The molecule has 55 valence electrons. The van der Waals surface area contributed by atoms with E-state index in [2.05, 4.69) is 0 Å². The molecule has 3 heteroatoms. The van der Waals surface area contributed by atoms with Crippen LogP contribution in [0.3, 0.4) is 0 Å². The summed E-state index contributed by atoms with van der Waals surface area (Å²) >= 11 is 0. The molecule has 0 spiro atoms. The number of methoxy groups -OCH3 is 1. The molecule has 0 unspecified atom stereocenters. The van der Waals surface area contributed by atoms with Crippen LogP contribution < -0.4 is 5.73 Å². The zero-order chi connectivity index (χ0) is 6.95. The van der Waals surface area contributed by atoms with Gasteiger partial charge in [-0.3, -0.25) is 0 Å². The summed E-state index contributed by atoms with van der Waals surface area (Å²) in [5, 5.41) is 0. The first kappa shape index (κ1) is 9.14. The molecule has 2 N–H and O–H groups in total. The number of nitrogens with two attached hydrogens (primary N) is 1. The van der Waals surface area contributed by atoms with E-state index in [1.54, 1.807) is 7.11 Å². The summed E-state index contributed by atoms with van der Waals surface area (Å²) in [5.41, 5.74) is 5.33. The first-order chi connectivity index (χ1) is 4.41. The van der Waals surface area contributed by atoms with E-state index in [0.29, 0.717) is 9.52 Å². The Morgan fingerprint density at radius 3 is 2.78 bits per heavy atom. The average Bonchev–Trinajstić information content (AvgIpc) is 1.89. The van der Waals surface area contributed by atoms with Crippen molar-refractivity contribution >= 4 is 9.52 Å². The summed E-state index contributed by atoms with van der Waals surface area (Å²) in [6.45, 7) is 1.78. The second-order valence-electron chi connectivity index (χ2n) is 2.00. The van der Waals surface area contributed by atoms with Gasteiger partial charge in [0.25, 0.3) is 0 Å². The van der Waals surface area contributed by atoms with Crippen molar-refractivity contribution < 1.29 is 4.74 Å². The van der Waals surface area contributed by atoms with Gasteiger partial charge in [-0.15, -0.1) is 0 Å². The molecule has 0 aliphatic carbocycles.